The van der Waals surface area contributed by atoms with E-state index in [1.165, 1.54) is 5.56 Å². The predicted molar refractivity (Wildman–Crippen MR) is 113 cm³/mol. The van der Waals surface area contributed by atoms with E-state index in [0.29, 0.717) is 25.7 Å². The number of Topliss-reactive ketones (excluding diaryl/α,β-unsaturated/α-hetero) is 2. The van der Waals surface area contributed by atoms with Gasteiger partial charge in [-0.2, -0.15) is 0 Å². The first-order valence-corrected chi connectivity index (χ1v) is 9.84. The third kappa shape index (κ3) is 6.62. The second-order valence-corrected chi connectivity index (χ2v) is 7.37. The van der Waals surface area contributed by atoms with Gasteiger partial charge in [0.25, 0.3) is 0 Å². The number of benzene rings is 3. The Morgan fingerprint density at radius 1 is 0.536 bits per heavy atom. The number of ketones is 2. The van der Waals surface area contributed by atoms with Crippen LogP contribution in [0.5, 0.6) is 0 Å². The maximum absolute atomic E-state index is 12.6. The van der Waals surface area contributed by atoms with Gasteiger partial charge in [-0.05, 0) is 29.0 Å². The van der Waals surface area contributed by atoms with Gasteiger partial charge < -0.3 is 0 Å². The van der Waals surface area contributed by atoms with Crippen LogP contribution in [0.15, 0.2) is 91.0 Å². The summed E-state index contributed by atoms with van der Waals surface area (Å²) in [5, 5.41) is 0. The summed E-state index contributed by atoms with van der Waals surface area (Å²) in [5.74, 6) is 0.425. The van der Waals surface area contributed by atoms with E-state index >= 15 is 0 Å². The van der Waals surface area contributed by atoms with Crippen molar-refractivity contribution in [2.75, 3.05) is 0 Å². The highest BCUT2D eigenvalue weighted by Crippen LogP contribution is 2.19. The van der Waals surface area contributed by atoms with Gasteiger partial charge in [-0.3, -0.25) is 9.59 Å². The minimum atomic E-state index is 0.0369. The largest absolute Gasteiger partial charge is 0.299 e. The molecule has 0 N–H and O–H groups in total. The molecule has 0 unspecified atom stereocenters. The summed E-state index contributed by atoms with van der Waals surface area (Å²) < 4.78 is 0. The van der Waals surface area contributed by atoms with Crippen LogP contribution in [0.1, 0.15) is 29.5 Å². The Kier molecular flexibility index (Phi) is 7.31. The molecule has 0 aliphatic rings. The van der Waals surface area contributed by atoms with Crippen LogP contribution < -0.4 is 0 Å². The Morgan fingerprint density at radius 3 is 1.29 bits per heavy atom. The van der Waals surface area contributed by atoms with E-state index in [0.717, 1.165) is 17.5 Å². The molecule has 0 aliphatic carbocycles. The van der Waals surface area contributed by atoms with Crippen molar-refractivity contribution in [2.24, 2.45) is 5.92 Å². The molecule has 3 rings (SSSR count). The average Bonchev–Trinajstić information content (AvgIpc) is 2.70. The van der Waals surface area contributed by atoms with E-state index in [-0.39, 0.29) is 17.5 Å². The summed E-state index contributed by atoms with van der Waals surface area (Å²) in [4.78, 5) is 25.3. The molecule has 0 fully saturated rings. The Balaban J connectivity index is 1.64. The fourth-order valence-electron chi connectivity index (χ4n) is 3.60. The Labute approximate surface area is 167 Å². The van der Waals surface area contributed by atoms with Crippen molar-refractivity contribution in [3.8, 4) is 0 Å². The second kappa shape index (κ2) is 10.4. The van der Waals surface area contributed by atoms with Crippen LogP contribution in [-0.2, 0) is 28.9 Å². The minimum Gasteiger partial charge on any atom is -0.299 e. The van der Waals surface area contributed by atoms with Crippen molar-refractivity contribution in [1.82, 2.24) is 0 Å². The van der Waals surface area contributed by atoms with Crippen molar-refractivity contribution in [3.05, 3.63) is 108 Å². The molecule has 0 saturated heterocycles. The number of hydrogen-bond donors (Lipinski definition) is 0. The van der Waals surface area contributed by atoms with Crippen LogP contribution in [-0.4, -0.2) is 11.6 Å². The molecule has 28 heavy (non-hydrogen) atoms. The second-order valence-electron chi connectivity index (χ2n) is 7.37. The van der Waals surface area contributed by atoms with Crippen molar-refractivity contribution in [2.45, 2.75) is 32.1 Å². The lowest BCUT2D eigenvalue weighted by molar-refractivity contribution is -0.121. The topological polar surface area (TPSA) is 34.1 Å². The fraction of sp³-hybridized carbons (Fsp3) is 0.231. The van der Waals surface area contributed by atoms with Crippen molar-refractivity contribution in [3.63, 3.8) is 0 Å². The average molecular weight is 370 g/mol. The molecule has 0 bridgehead atoms. The first kappa shape index (κ1) is 19.8. The number of rotatable bonds is 10. The van der Waals surface area contributed by atoms with Crippen molar-refractivity contribution >= 4 is 11.6 Å². The molecule has 0 aliphatic heterocycles. The molecule has 142 valence electrons. The van der Waals surface area contributed by atoms with Crippen LogP contribution in [0, 0.1) is 5.92 Å². The van der Waals surface area contributed by atoms with Gasteiger partial charge in [-0.1, -0.05) is 91.0 Å². The monoisotopic (exact) mass is 370 g/mol. The van der Waals surface area contributed by atoms with Gasteiger partial charge >= 0.3 is 0 Å². The van der Waals surface area contributed by atoms with E-state index in [2.05, 4.69) is 12.1 Å². The quantitative estimate of drug-likeness (QED) is 0.488. The number of carbonyl (C=O) groups excluding carboxylic acids is 2. The lowest BCUT2D eigenvalue weighted by Crippen LogP contribution is -2.18. The molecule has 0 aromatic heterocycles. The Hall–Kier alpha value is -3.00. The van der Waals surface area contributed by atoms with E-state index in [9.17, 15) is 9.59 Å². The highest BCUT2D eigenvalue weighted by Gasteiger charge is 2.19. The molecule has 0 spiro atoms. The maximum Gasteiger partial charge on any atom is 0.137 e. The lowest BCUT2D eigenvalue weighted by Gasteiger charge is -2.16. The molecule has 3 aromatic rings. The number of hydrogen-bond acceptors (Lipinski definition) is 2. The van der Waals surface area contributed by atoms with Crippen LogP contribution in [0.2, 0.25) is 0 Å². The fourth-order valence-corrected chi connectivity index (χ4v) is 3.60. The van der Waals surface area contributed by atoms with E-state index in [1.807, 2.05) is 78.9 Å². The Bertz CT molecular complexity index is 815. The summed E-state index contributed by atoms with van der Waals surface area (Å²) in [6.07, 6.45) is 2.48. The first-order valence-electron chi connectivity index (χ1n) is 9.84. The zero-order chi connectivity index (χ0) is 19.6. The van der Waals surface area contributed by atoms with Crippen molar-refractivity contribution < 1.29 is 9.59 Å². The molecular formula is C26H26O2. The zero-order valence-electron chi connectivity index (χ0n) is 16.1. The molecule has 0 atom stereocenters. The smallest absolute Gasteiger partial charge is 0.137 e. The minimum absolute atomic E-state index is 0.0369. The molecule has 0 radical (unpaired) electrons. The molecule has 2 heteroatoms. The van der Waals surface area contributed by atoms with E-state index in [4.69, 9.17) is 0 Å². The molecule has 0 saturated carbocycles. The molecule has 0 heterocycles. The van der Waals surface area contributed by atoms with Crippen LogP contribution >= 0.6 is 0 Å². The number of carbonyl (C=O) groups is 2. The molecule has 3 aromatic carbocycles. The van der Waals surface area contributed by atoms with Gasteiger partial charge in [0, 0.05) is 25.7 Å². The first-order chi connectivity index (χ1) is 13.7. The van der Waals surface area contributed by atoms with E-state index in [1.54, 1.807) is 0 Å². The highest BCUT2D eigenvalue weighted by atomic mass is 16.1. The van der Waals surface area contributed by atoms with Gasteiger partial charge in [0.15, 0.2) is 0 Å². The zero-order valence-corrected chi connectivity index (χ0v) is 16.1. The van der Waals surface area contributed by atoms with Gasteiger partial charge in [0.2, 0.25) is 0 Å². The van der Waals surface area contributed by atoms with Crippen LogP contribution in [0.3, 0.4) is 0 Å². The van der Waals surface area contributed by atoms with Gasteiger partial charge in [0.05, 0.1) is 0 Å². The third-order valence-electron chi connectivity index (χ3n) is 4.89. The predicted octanol–water partition coefficient (Wildman–Crippen LogP) is 5.25. The third-order valence-corrected chi connectivity index (χ3v) is 4.89. The highest BCUT2D eigenvalue weighted by molar-refractivity contribution is 5.84. The lowest BCUT2D eigenvalue weighted by atomic mass is 9.87. The van der Waals surface area contributed by atoms with Crippen LogP contribution in [0.4, 0.5) is 0 Å². The van der Waals surface area contributed by atoms with Crippen LogP contribution in [0.25, 0.3) is 0 Å². The molecule has 0 amide bonds. The summed E-state index contributed by atoms with van der Waals surface area (Å²) in [7, 11) is 0. The van der Waals surface area contributed by atoms with Gasteiger partial charge in [0.1, 0.15) is 11.6 Å². The summed E-state index contributed by atoms with van der Waals surface area (Å²) in [6.45, 7) is 0. The maximum atomic E-state index is 12.6. The van der Waals surface area contributed by atoms with Crippen molar-refractivity contribution in [1.29, 1.82) is 0 Å². The van der Waals surface area contributed by atoms with E-state index < -0.39 is 0 Å². The standard InChI is InChI=1S/C26H26O2/c27-25(17-22-12-6-2-7-13-22)19-24(16-21-10-4-1-5-11-21)20-26(28)18-23-14-8-3-9-15-23/h1-15,24H,16-20H2. The van der Waals surface area contributed by atoms with Gasteiger partial charge in [-0.15, -0.1) is 0 Å². The van der Waals surface area contributed by atoms with Gasteiger partial charge in [-0.25, -0.2) is 0 Å². The summed E-state index contributed by atoms with van der Waals surface area (Å²) in [6, 6.07) is 29.7. The molecule has 2 nitrogen and oxygen atoms in total. The Morgan fingerprint density at radius 2 is 0.893 bits per heavy atom. The summed E-state index contributed by atoms with van der Waals surface area (Å²) >= 11 is 0. The molecular weight excluding hydrogens is 344 g/mol. The summed E-state index contributed by atoms with van der Waals surface area (Å²) in [5.41, 5.74) is 3.23. The normalized spacial score (nSPS) is 10.8. The SMILES string of the molecule is O=C(Cc1ccccc1)CC(CC(=O)Cc1ccccc1)Cc1ccccc1.